The van der Waals surface area contributed by atoms with Crippen LogP contribution in [0.5, 0.6) is 0 Å². The third-order valence-electron chi connectivity index (χ3n) is 2.27. The van der Waals surface area contributed by atoms with Crippen molar-refractivity contribution < 1.29 is 0 Å². The molecular weight excluding hydrogens is 250 g/mol. The molecule has 0 radical (unpaired) electrons. The van der Waals surface area contributed by atoms with Crippen molar-refractivity contribution >= 4 is 15.9 Å². The maximum Gasteiger partial charge on any atom is 0.0531 e. The van der Waals surface area contributed by atoms with Crippen molar-refractivity contribution in [1.29, 1.82) is 0 Å². The van der Waals surface area contributed by atoms with Crippen molar-refractivity contribution in [3.8, 4) is 0 Å². The third-order valence-corrected chi connectivity index (χ3v) is 2.77. The van der Waals surface area contributed by atoms with Crippen LogP contribution < -0.4 is 5.32 Å². The van der Waals surface area contributed by atoms with Gasteiger partial charge in [-0.1, -0.05) is 47.1 Å². The minimum atomic E-state index is 0.266. The molecular formula is C13H18BrN. The third kappa shape index (κ3) is 3.80. The Balaban J connectivity index is 2.84. The van der Waals surface area contributed by atoms with Crippen molar-refractivity contribution in [2.75, 3.05) is 6.54 Å². The molecule has 15 heavy (non-hydrogen) atoms. The van der Waals surface area contributed by atoms with Gasteiger partial charge in [0.2, 0.25) is 0 Å². The van der Waals surface area contributed by atoms with Gasteiger partial charge in [0, 0.05) is 4.47 Å². The standard InChI is InChI=1S/C13H18BrN/c1-4-8-15-13(10(2)3)11-6-5-7-12(14)9-11/h5-7,9,13,15H,2,4,8H2,1,3H3. The summed E-state index contributed by atoms with van der Waals surface area (Å²) >= 11 is 3.49. The monoisotopic (exact) mass is 267 g/mol. The van der Waals surface area contributed by atoms with Crippen LogP contribution in [0.15, 0.2) is 40.9 Å². The van der Waals surface area contributed by atoms with Gasteiger partial charge in [0.15, 0.2) is 0 Å². The van der Waals surface area contributed by atoms with E-state index in [0.29, 0.717) is 0 Å². The van der Waals surface area contributed by atoms with E-state index < -0.39 is 0 Å². The van der Waals surface area contributed by atoms with Gasteiger partial charge in [-0.3, -0.25) is 0 Å². The van der Waals surface area contributed by atoms with Crippen LogP contribution in [-0.4, -0.2) is 6.54 Å². The molecule has 0 bridgehead atoms. The molecule has 82 valence electrons. The van der Waals surface area contributed by atoms with Gasteiger partial charge < -0.3 is 5.32 Å². The second-order valence-corrected chi connectivity index (χ2v) is 4.70. The number of nitrogens with one attached hydrogen (secondary N) is 1. The molecule has 0 fully saturated rings. The molecule has 0 saturated heterocycles. The van der Waals surface area contributed by atoms with Crippen LogP contribution in [0.2, 0.25) is 0 Å². The van der Waals surface area contributed by atoms with E-state index in [9.17, 15) is 0 Å². The summed E-state index contributed by atoms with van der Waals surface area (Å²) in [5, 5.41) is 3.49. The molecule has 1 aromatic carbocycles. The van der Waals surface area contributed by atoms with Gasteiger partial charge in [-0.2, -0.15) is 0 Å². The Labute approximate surface area is 101 Å². The lowest BCUT2D eigenvalue weighted by molar-refractivity contribution is 0.591. The van der Waals surface area contributed by atoms with Crippen LogP contribution in [0.25, 0.3) is 0 Å². The predicted octanol–water partition coefficient (Wildman–Crippen LogP) is 4.07. The maximum atomic E-state index is 4.04. The summed E-state index contributed by atoms with van der Waals surface area (Å²) in [4.78, 5) is 0. The molecule has 0 aliphatic carbocycles. The molecule has 1 unspecified atom stereocenters. The van der Waals surface area contributed by atoms with E-state index in [1.54, 1.807) is 0 Å². The first-order valence-electron chi connectivity index (χ1n) is 5.29. The Morgan fingerprint density at radius 1 is 1.53 bits per heavy atom. The van der Waals surface area contributed by atoms with Crippen LogP contribution in [0.1, 0.15) is 31.9 Å². The normalized spacial score (nSPS) is 12.5. The van der Waals surface area contributed by atoms with Gasteiger partial charge in [0.25, 0.3) is 0 Å². The minimum absolute atomic E-state index is 0.266. The molecule has 0 aliphatic heterocycles. The minimum Gasteiger partial charge on any atom is -0.307 e. The molecule has 0 aromatic heterocycles. The Bertz CT molecular complexity index is 333. The zero-order valence-corrected chi connectivity index (χ0v) is 11.0. The Hall–Kier alpha value is -0.600. The zero-order chi connectivity index (χ0) is 11.3. The Morgan fingerprint density at radius 3 is 2.80 bits per heavy atom. The summed E-state index contributed by atoms with van der Waals surface area (Å²) in [5.41, 5.74) is 2.42. The van der Waals surface area contributed by atoms with Gasteiger partial charge in [-0.25, -0.2) is 0 Å². The first-order chi connectivity index (χ1) is 7.15. The molecule has 1 rings (SSSR count). The average Bonchev–Trinajstić information content (AvgIpc) is 2.18. The summed E-state index contributed by atoms with van der Waals surface area (Å²) in [5.74, 6) is 0. The lowest BCUT2D eigenvalue weighted by atomic mass is 10.0. The first kappa shape index (κ1) is 12.5. The fraction of sp³-hybridized carbons (Fsp3) is 0.385. The molecule has 1 aromatic rings. The van der Waals surface area contributed by atoms with Crippen molar-refractivity contribution in [2.45, 2.75) is 26.3 Å². The summed E-state index contributed by atoms with van der Waals surface area (Å²) in [6.07, 6.45) is 1.14. The summed E-state index contributed by atoms with van der Waals surface area (Å²) in [6, 6.07) is 8.64. The van der Waals surface area contributed by atoms with E-state index >= 15 is 0 Å². The Kier molecular flexibility index (Phi) is 5.06. The highest BCUT2D eigenvalue weighted by atomic mass is 79.9. The van der Waals surface area contributed by atoms with E-state index in [1.165, 1.54) is 5.56 Å². The smallest absolute Gasteiger partial charge is 0.0531 e. The van der Waals surface area contributed by atoms with Crippen LogP contribution >= 0.6 is 15.9 Å². The SMILES string of the molecule is C=C(C)C(NCCC)c1cccc(Br)c1. The molecule has 0 saturated carbocycles. The van der Waals surface area contributed by atoms with Crippen molar-refractivity contribution in [2.24, 2.45) is 0 Å². The zero-order valence-electron chi connectivity index (χ0n) is 9.39. The molecule has 2 heteroatoms. The van der Waals surface area contributed by atoms with E-state index in [4.69, 9.17) is 0 Å². The lowest BCUT2D eigenvalue weighted by Gasteiger charge is -2.19. The molecule has 1 nitrogen and oxygen atoms in total. The second kappa shape index (κ2) is 6.09. The Morgan fingerprint density at radius 2 is 2.27 bits per heavy atom. The fourth-order valence-electron chi connectivity index (χ4n) is 1.55. The fourth-order valence-corrected chi connectivity index (χ4v) is 1.97. The largest absolute Gasteiger partial charge is 0.307 e. The highest BCUT2D eigenvalue weighted by Gasteiger charge is 2.10. The van der Waals surface area contributed by atoms with Gasteiger partial charge in [-0.15, -0.1) is 0 Å². The molecule has 0 aliphatic rings. The average molecular weight is 268 g/mol. The number of hydrogen-bond acceptors (Lipinski definition) is 1. The topological polar surface area (TPSA) is 12.0 Å². The second-order valence-electron chi connectivity index (χ2n) is 3.79. The van der Waals surface area contributed by atoms with Crippen LogP contribution in [-0.2, 0) is 0 Å². The lowest BCUT2D eigenvalue weighted by Crippen LogP contribution is -2.22. The number of hydrogen-bond donors (Lipinski definition) is 1. The van der Waals surface area contributed by atoms with Crippen LogP contribution in [0.3, 0.4) is 0 Å². The highest BCUT2D eigenvalue weighted by Crippen LogP contribution is 2.22. The highest BCUT2D eigenvalue weighted by molar-refractivity contribution is 9.10. The molecule has 1 atom stereocenters. The quantitative estimate of drug-likeness (QED) is 0.794. The summed E-state index contributed by atoms with van der Waals surface area (Å²) in [7, 11) is 0. The molecule has 1 N–H and O–H groups in total. The predicted molar refractivity (Wildman–Crippen MR) is 70.0 cm³/mol. The molecule has 0 amide bonds. The van der Waals surface area contributed by atoms with Gasteiger partial charge in [-0.05, 0) is 37.6 Å². The van der Waals surface area contributed by atoms with Gasteiger partial charge >= 0.3 is 0 Å². The summed E-state index contributed by atoms with van der Waals surface area (Å²) < 4.78 is 1.12. The van der Waals surface area contributed by atoms with E-state index in [0.717, 1.165) is 23.0 Å². The number of halogens is 1. The van der Waals surface area contributed by atoms with Crippen LogP contribution in [0.4, 0.5) is 0 Å². The van der Waals surface area contributed by atoms with Crippen molar-refractivity contribution in [3.05, 3.63) is 46.5 Å². The van der Waals surface area contributed by atoms with Crippen molar-refractivity contribution in [1.82, 2.24) is 5.32 Å². The number of benzene rings is 1. The molecule has 0 spiro atoms. The van der Waals surface area contributed by atoms with Gasteiger partial charge in [0.1, 0.15) is 0 Å². The van der Waals surface area contributed by atoms with E-state index in [-0.39, 0.29) is 6.04 Å². The van der Waals surface area contributed by atoms with Gasteiger partial charge in [0.05, 0.1) is 6.04 Å². The number of rotatable bonds is 5. The van der Waals surface area contributed by atoms with Crippen LogP contribution in [0, 0.1) is 0 Å². The van der Waals surface area contributed by atoms with E-state index in [1.807, 2.05) is 6.07 Å². The van der Waals surface area contributed by atoms with Crippen molar-refractivity contribution in [3.63, 3.8) is 0 Å². The first-order valence-corrected chi connectivity index (χ1v) is 6.08. The maximum absolute atomic E-state index is 4.04. The summed E-state index contributed by atoms with van der Waals surface area (Å²) in [6.45, 7) is 9.29. The van der Waals surface area contributed by atoms with E-state index in [2.05, 4.69) is 59.9 Å². The molecule has 0 heterocycles.